The van der Waals surface area contributed by atoms with Gasteiger partial charge in [0.2, 0.25) is 0 Å². The first kappa shape index (κ1) is 23.0. The summed E-state index contributed by atoms with van der Waals surface area (Å²) in [6.45, 7) is 6.68. The van der Waals surface area contributed by atoms with Crippen molar-refractivity contribution in [3.63, 3.8) is 0 Å². The van der Waals surface area contributed by atoms with Gasteiger partial charge in [0.1, 0.15) is 0 Å². The van der Waals surface area contributed by atoms with Crippen molar-refractivity contribution in [3.05, 3.63) is 108 Å². The second-order valence-electron chi connectivity index (χ2n) is 9.23. The van der Waals surface area contributed by atoms with E-state index in [2.05, 4.69) is 106 Å². The molecule has 0 spiro atoms. The van der Waals surface area contributed by atoms with E-state index >= 15 is 0 Å². The molecule has 0 unspecified atom stereocenters. The Kier molecular flexibility index (Phi) is 6.42. The molecule has 4 aromatic rings. The fourth-order valence-electron chi connectivity index (χ4n) is 4.71. The summed E-state index contributed by atoms with van der Waals surface area (Å²) in [5.41, 5.74) is 5.80. The van der Waals surface area contributed by atoms with Gasteiger partial charge in [-0.25, -0.2) is 0 Å². The summed E-state index contributed by atoms with van der Waals surface area (Å²) < 4.78 is 0. The topological polar surface area (TPSA) is 17.1 Å². The van der Waals surface area contributed by atoms with Crippen molar-refractivity contribution in [1.82, 2.24) is 0 Å². The summed E-state index contributed by atoms with van der Waals surface area (Å²) in [6.07, 6.45) is 1.43. The molecule has 3 heteroatoms. The molecule has 0 aliphatic heterocycles. The van der Waals surface area contributed by atoms with Crippen LogP contribution in [0, 0.1) is 0 Å². The monoisotopic (exact) mass is 480 g/mol. The normalized spacial score (nSPS) is 13.4. The Balaban J connectivity index is 1.59. The van der Waals surface area contributed by atoms with Crippen molar-refractivity contribution in [2.45, 2.75) is 58.6 Å². The van der Waals surface area contributed by atoms with Gasteiger partial charge in [0.25, 0.3) is 0 Å². The molecule has 0 N–H and O–H groups in total. The lowest BCUT2D eigenvalue weighted by atomic mass is 9.82. The smallest absolute Gasteiger partial charge is 0.164 e. The Morgan fingerprint density at radius 3 is 1.97 bits per heavy atom. The van der Waals surface area contributed by atoms with Crippen LogP contribution in [-0.2, 0) is 5.41 Å². The molecule has 0 heterocycles. The second kappa shape index (κ2) is 9.48. The zero-order chi connectivity index (χ0) is 23.7. The zero-order valence-corrected chi connectivity index (χ0v) is 21.4. The van der Waals surface area contributed by atoms with Crippen molar-refractivity contribution in [2.24, 2.45) is 0 Å². The van der Waals surface area contributed by atoms with E-state index in [9.17, 15) is 4.79 Å². The highest BCUT2D eigenvalue weighted by Gasteiger charge is 2.37. The van der Waals surface area contributed by atoms with E-state index in [0.29, 0.717) is 6.42 Å². The minimum Gasteiger partial charge on any atom is -0.294 e. The molecular formula is C31H28OS2. The zero-order valence-electron chi connectivity index (χ0n) is 19.8. The highest BCUT2D eigenvalue weighted by atomic mass is 32.2. The third-order valence-electron chi connectivity index (χ3n) is 6.48. The first-order valence-electron chi connectivity index (χ1n) is 11.8. The van der Waals surface area contributed by atoms with E-state index in [4.69, 9.17) is 0 Å². The first-order chi connectivity index (χ1) is 16.5. The van der Waals surface area contributed by atoms with Crippen molar-refractivity contribution in [3.8, 4) is 11.1 Å². The van der Waals surface area contributed by atoms with Crippen molar-refractivity contribution < 1.29 is 4.79 Å². The average molecular weight is 481 g/mol. The molecule has 34 heavy (non-hydrogen) atoms. The molecule has 1 nitrogen and oxygen atoms in total. The molecule has 5 rings (SSSR count). The van der Waals surface area contributed by atoms with Gasteiger partial charge in [0, 0.05) is 37.0 Å². The van der Waals surface area contributed by atoms with Gasteiger partial charge < -0.3 is 0 Å². The summed E-state index contributed by atoms with van der Waals surface area (Å²) in [7, 11) is 0. The van der Waals surface area contributed by atoms with E-state index in [1.165, 1.54) is 32.0 Å². The van der Waals surface area contributed by atoms with Crippen molar-refractivity contribution in [2.75, 3.05) is 0 Å². The van der Waals surface area contributed by atoms with Crippen LogP contribution in [0.4, 0.5) is 0 Å². The van der Waals surface area contributed by atoms with E-state index in [1.54, 1.807) is 23.5 Å². The molecule has 0 amide bonds. The third-order valence-corrected chi connectivity index (χ3v) is 8.54. The van der Waals surface area contributed by atoms with Crippen LogP contribution >= 0.6 is 23.5 Å². The van der Waals surface area contributed by atoms with Crippen molar-refractivity contribution in [1.29, 1.82) is 0 Å². The molecule has 0 saturated heterocycles. The van der Waals surface area contributed by atoms with E-state index in [1.807, 2.05) is 6.07 Å². The number of rotatable bonds is 7. The van der Waals surface area contributed by atoms with E-state index in [-0.39, 0.29) is 11.2 Å². The van der Waals surface area contributed by atoms with Gasteiger partial charge in [-0.05, 0) is 77.2 Å². The molecule has 170 valence electrons. The lowest BCUT2D eigenvalue weighted by Gasteiger charge is -2.23. The van der Waals surface area contributed by atoms with Crippen LogP contribution < -0.4 is 0 Å². The molecule has 0 radical (unpaired) electrons. The molecule has 4 aromatic carbocycles. The van der Waals surface area contributed by atoms with Gasteiger partial charge in [-0.2, -0.15) is 0 Å². The molecule has 0 atom stereocenters. The number of carbonyl (C=O) groups is 1. The van der Waals surface area contributed by atoms with Gasteiger partial charge in [0.15, 0.2) is 5.78 Å². The summed E-state index contributed by atoms with van der Waals surface area (Å²) >= 11 is 3.49. The summed E-state index contributed by atoms with van der Waals surface area (Å²) in [4.78, 5) is 17.9. The predicted octanol–water partition coefficient (Wildman–Crippen LogP) is 9.28. The maximum Gasteiger partial charge on any atom is 0.164 e. The Morgan fingerprint density at radius 1 is 0.706 bits per heavy atom. The minimum absolute atomic E-state index is 0.129. The third kappa shape index (κ3) is 4.35. The fourth-order valence-corrected chi connectivity index (χ4v) is 6.59. The predicted molar refractivity (Wildman–Crippen MR) is 144 cm³/mol. The van der Waals surface area contributed by atoms with Gasteiger partial charge in [-0.15, -0.1) is 0 Å². The van der Waals surface area contributed by atoms with Gasteiger partial charge in [-0.1, -0.05) is 86.8 Å². The summed E-state index contributed by atoms with van der Waals surface area (Å²) in [6, 6.07) is 32.1. The molecular weight excluding hydrogens is 452 g/mol. The number of benzene rings is 4. The standard InChI is InChI=1S/C31H28OS2/c1-4-11-29(32)26-19-25-24-17-16-23(33-21-12-7-5-8-13-21)18-27(24)31(2,3)28(25)20-30(26)34-22-14-9-6-10-15-22/h5-10,12-20H,4,11H2,1-3H3. The van der Waals surface area contributed by atoms with Crippen LogP contribution in [0.15, 0.2) is 111 Å². The molecule has 0 saturated carbocycles. The molecule has 0 aromatic heterocycles. The number of fused-ring (bicyclic) bond motifs is 3. The maximum absolute atomic E-state index is 13.2. The molecule has 1 aliphatic rings. The van der Waals surface area contributed by atoms with Gasteiger partial charge >= 0.3 is 0 Å². The number of Topliss-reactive ketones (excluding diaryl/α,β-unsaturated/α-hetero) is 1. The van der Waals surface area contributed by atoms with Crippen LogP contribution in [0.2, 0.25) is 0 Å². The fraction of sp³-hybridized carbons (Fsp3) is 0.194. The van der Waals surface area contributed by atoms with Crippen LogP contribution in [-0.4, -0.2) is 5.78 Å². The van der Waals surface area contributed by atoms with E-state index < -0.39 is 0 Å². The first-order valence-corrected chi connectivity index (χ1v) is 13.4. The number of hydrogen-bond acceptors (Lipinski definition) is 3. The number of hydrogen-bond donors (Lipinski definition) is 0. The quantitative estimate of drug-likeness (QED) is 0.245. The molecule has 0 bridgehead atoms. The Morgan fingerprint density at radius 2 is 1.32 bits per heavy atom. The van der Waals surface area contributed by atoms with Gasteiger partial charge in [0.05, 0.1) is 0 Å². The molecule has 0 fully saturated rings. The Hall–Kier alpha value is -2.75. The minimum atomic E-state index is -0.129. The maximum atomic E-state index is 13.2. The SMILES string of the molecule is CCCC(=O)c1cc2c(cc1Sc1ccccc1)C(C)(C)c1cc(Sc3ccccc3)ccc1-2. The largest absolute Gasteiger partial charge is 0.294 e. The van der Waals surface area contributed by atoms with Crippen molar-refractivity contribution >= 4 is 29.3 Å². The van der Waals surface area contributed by atoms with Gasteiger partial charge in [-0.3, -0.25) is 4.79 Å². The second-order valence-corrected chi connectivity index (χ2v) is 11.5. The Labute approximate surface area is 211 Å². The highest BCUT2D eigenvalue weighted by molar-refractivity contribution is 7.99. The Bertz CT molecular complexity index is 1340. The van der Waals surface area contributed by atoms with Crippen LogP contribution in [0.25, 0.3) is 11.1 Å². The summed E-state index contributed by atoms with van der Waals surface area (Å²) in [5, 5.41) is 0. The highest BCUT2D eigenvalue weighted by Crippen LogP contribution is 2.52. The van der Waals surface area contributed by atoms with Crippen LogP contribution in [0.3, 0.4) is 0 Å². The van der Waals surface area contributed by atoms with E-state index in [0.717, 1.165) is 21.8 Å². The lowest BCUT2D eigenvalue weighted by Crippen LogP contribution is -2.15. The summed E-state index contributed by atoms with van der Waals surface area (Å²) in [5.74, 6) is 0.228. The number of carbonyl (C=O) groups excluding carboxylic acids is 1. The lowest BCUT2D eigenvalue weighted by molar-refractivity contribution is 0.0979. The average Bonchev–Trinajstić information content (AvgIpc) is 3.06. The molecule has 1 aliphatic carbocycles. The number of ketones is 1. The van der Waals surface area contributed by atoms with Crippen LogP contribution in [0.5, 0.6) is 0 Å². The van der Waals surface area contributed by atoms with Crippen LogP contribution in [0.1, 0.15) is 55.1 Å².